The number of hydrogen-bond donors (Lipinski definition) is 1. The number of halogens is 1. The van der Waals surface area contributed by atoms with Crippen molar-refractivity contribution >= 4 is 17.3 Å². The molecule has 0 fully saturated rings. The maximum absolute atomic E-state index is 5.75. The quantitative estimate of drug-likeness (QED) is 0.704. The minimum Gasteiger partial charge on any atom is -0.385 e. The smallest absolute Gasteiger partial charge is 0.0407 e. The third-order valence-corrected chi connectivity index (χ3v) is 1.96. The van der Waals surface area contributed by atoms with Gasteiger partial charge in [-0.2, -0.15) is 0 Å². The van der Waals surface area contributed by atoms with Crippen LogP contribution < -0.4 is 5.32 Å². The van der Waals surface area contributed by atoms with Gasteiger partial charge in [0.05, 0.1) is 0 Å². The zero-order valence-electron chi connectivity index (χ0n) is 7.31. The van der Waals surface area contributed by atoms with Crippen LogP contribution in [0.2, 0.25) is 5.02 Å². The second-order valence-corrected chi connectivity index (χ2v) is 3.22. The second-order valence-electron chi connectivity index (χ2n) is 2.79. The van der Waals surface area contributed by atoms with E-state index in [1.165, 1.54) is 12.8 Å². The zero-order valence-corrected chi connectivity index (χ0v) is 8.06. The molecule has 0 atom stereocenters. The van der Waals surface area contributed by atoms with Gasteiger partial charge in [-0.05, 0) is 30.7 Å². The SMILES string of the molecule is CCCCNc1ccc(Cl)cc1. The molecule has 0 saturated heterocycles. The van der Waals surface area contributed by atoms with Crippen LogP contribution in [0.15, 0.2) is 24.3 Å². The van der Waals surface area contributed by atoms with Crippen molar-refractivity contribution in [1.29, 1.82) is 0 Å². The average molecular weight is 184 g/mol. The summed E-state index contributed by atoms with van der Waals surface area (Å²) < 4.78 is 0. The topological polar surface area (TPSA) is 12.0 Å². The predicted octanol–water partition coefficient (Wildman–Crippen LogP) is 3.55. The summed E-state index contributed by atoms with van der Waals surface area (Å²) in [5.41, 5.74) is 1.15. The summed E-state index contributed by atoms with van der Waals surface area (Å²) in [6.45, 7) is 3.22. The van der Waals surface area contributed by atoms with Crippen LogP contribution in [0.1, 0.15) is 19.8 Å². The van der Waals surface area contributed by atoms with E-state index in [2.05, 4.69) is 12.2 Å². The molecule has 0 amide bonds. The van der Waals surface area contributed by atoms with Crippen LogP contribution in [0.4, 0.5) is 5.69 Å². The van der Waals surface area contributed by atoms with Crippen molar-refractivity contribution in [2.45, 2.75) is 19.8 Å². The van der Waals surface area contributed by atoms with Gasteiger partial charge in [0.15, 0.2) is 0 Å². The third kappa shape index (κ3) is 3.14. The van der Waals surface area contributed by atoms with Gasteiger partial charge in [0, 0.05) is 17.3 Å². The van der Waals surface area contributed by atoms with Crippen LogP contribution >= 0.6 is 11.6 Å². The lowest BCUT2D eigenvalue weighted by atomic mass is 10.3. The van der Waals surface area contributed by atoms with Gasteiger partial charge in [0.1, 0.15) is 0 Å². The van der Waals surface area contributed by atoms with Crippen molar-refractivity contribution in [3.63, 3.8) is 0 Å². The van der Waals surface area contributed by atoms with E-state index in [-0.39, 0.29) is 0 Å². The highest BCUT2D eigenvalue weighted by atomic mass is 35.5. The summed E-state index contributed by atoms with van der Waals surface area (Å²) in [5.74, 6) is 0. The molecule has 66 valence electrons. The second kappa shape index (κ2) is 5.04. The number of benzene rings is 1. The molecule has 1 aromatic rings. The molecule has 12 heavy (non-hydrogen) atoms. The van der Waals surface area contributed by atoms with Crippen molar-refractivity contribution < 1.29 is 0 Å². The molecule has 0 heterocycles. The maximum atomic E-state index is 5.75. The van der Waals surface area contributed by atoms with Gasteiger partial charge >= 0.3 is 0 Å². The highest BCUT2D eigenvalue weighted by molar-refractivity contribution is 6.30. The number of hydrogen-bond acceptors (Lipinski definition) is 1. The van der Waals surface area contributed by atoms with E-state index in [1.54, 1.807) is 0 Å². The molecular formula is C10H14ClN. The Labute approximate surface area is 78.7 Å². The largest absolute Gasteiger partial charge is 0.385 e. The minimum atomic E-state index is 0.788. The fourth-order valence-corrected chi connectivity index (χ4v) is 1.10. The van der Waals surface area contributed by atoms with Crippen molar-refractivity contribution in [2.75, 3.05) is 11.9 Å². The van der Waals surface area contributed by atoms with E-state index in [0.717, 1.165) is 17.3 Å². The van der Waals surface area contributed by atoms with Gasteiger partial charge in [-0.3, -0.25) is 0 Å². The van der Waals surface area contributed by atoms with Gasteiger partial charge in [-0.1, -0.05) is 24.9 Å². The molecule has 1 rings (SSSR count). The minimum absolute atomic E-state index is 0.788. The normalized spacial score (nSPS) is 9.83. The van der Waals surface area contributed by atoms with Crippen molar-refractivity contribution in [2.24, 2.45) is 0 Å². The fraction of sp³-hybridized carbons (Fsp3) is 0.400. The highest BCUT2D eigenvalue weighted by Crippen LogP contribution is 2.13. The van der Waals surface area contributed by atoms with E-state index in [9.17, 15) is 0 Å². The predicted molar refractivity (Wildman–Crippen MR) is 54.8 cm³/mol. The molecule has 0 saturated carbocycles. The summed E-state index contributed by atoms with van der Waals surface area (Å²) in [6.07, 6.45) is 2.43. The van der Waals surface area contributed by atoms with Crippen molar-refractivity contribution in [3.05, 3.63) is 29.3 Å². The molecule has 0 aromatic heterocycles. The lowest BCUT2D eigenvalue weighted by Crippen LogP contribution is -1.99. The summed E-state index contributed by atoms with van der Waals surface area (Å²) in [4.78, 5) is 0. The number of anilines is 1. The van der Waals surface area contributed by atoms with Crippen LogP contribution in [0.5, 0.6) is 0 Å². The molecule has 1 nitrogen and oxygen atoms in total. The number of nitrogens with one attached hydrogen (secondary N) is 1. The monoisotopic (exact) mass is 183 g/mol. The Morgan fingerprint density at radius 3 is 2.50 bits per heavy atom. The molecular weight excluding hydrogens is 170 g/mol. The molecule has 1 N–H and O–H groups in total. The first-order valence-corrected chi connectivity index (χ1v) is 4.70. The number of rotatable bonds is 4. The molecule has 0 radical (unpaired) electrons. The Kier molecular flexibility index (Phi) is 3.95. The molecule has 1 aromatic carbocycles. The zero-order chi connectivity index (χ0) is 8.81. The van der Waals surface area contributed by atoms with Crippen LogP contribution in [-0.4, -0.2) is 6.54 Å². The maximum Gasteiger partial charge on any atom is 0.0407 e. The first-order valence-electron chi connectivity index (χ1n) is 4.32. The van der Waals surface area contributed by atoms with Gasteiger partial charge in [0.25, 0.3) is 0 Å². The van der Waals surface area contributed by atoms with Gasteiger partial charge < -0.3 is 5.32 Å². The Morgan fingerprint density at radius 1 is 1.25 bits per heavy atom. The molecule has 0 spiro atoms. The molecule has 0 aliphatic carbocycles. The van der Waals surface area contributed by atoms with Crippen LogP contribution in [0.25, 0.3) is 0 Å². The van der Waals surface area contributed by atoms with E-state index in [1.807, 2.05) is 24.3 Å². The first kappa shape index (κ1) is 9.40. The lowest BCUT2D eigenvalue weighted by Gasteiger charge is -2.04. The molecule has 2 heteroatoms. The van der Waals surface area contributed by atoms with Crippen LogP contribution in [0.3, 0.4) is 0 Å². The molecule has 0 unspecified atom stereocenters. The van der Waals surface area contributed by atoms with Gasteiger partial charge in [-0.15, -0.1) is 0 Å². The average Bonchev–Trinajstić information content (AvgIpc) is 2.09. The van der Waals surface area contributed by atoms with E-state index < -0.39 is 0 Å². The standard InChI is InChI=1S/C10H14ClN/c1-2-3-8-12-10-6-4-9(11)5-7-10/h4-7,12H,2-3,8H2,1H3. The van der Waals surface area contributed by atoms with Gasteiger partial charge in [0.2, 0.25) is 0 Å². The summed E-state index contributed by atoms with van der Waals surface area (Å²) in [5, 5.41) is 4.10. The fourth-order valence-electron chi connectivity index (χ4n) is 0.977. The Hall–Kier alpha value is -0.690. The third-order valence-electron chi connectivity index (χ3n) is 1.70. The molecule has 0 aliphatic rings. The molecule has 0 bridgehead atoms. The first-order chi connectivity index (χ1) is 5.83. The van der Waals surface area contributed by atoms with Crippen LogP contribution in [0, 0.1) is 0 Å². The Balaban J connectivity index is 2.37. The van der Waals surface area contributed by atoms with Crippen LogP contribution in [-0.2, 0) is 0 Å². The van der Waals surface area contributed by atoms with Crippen molar-refractivity contribution in [1.82, 2.24) is 0 Å². The summed E-state index contributed by atoms with van der Waals surface area (Å²) in [7, 11) is 0. The summed E-state index contributed by atoms with van der Waals surface area (Å²) in [6, 6.07) is 7.79. The number of unbranched alkanes of at least 4 members (excludes halogenated alkanes) is 1. The van der Waals surface area contributed by atoms with Gasteiger partial charge in [-0.25, -0.2) is 0 Å². The van der Waals surface area contributed by atoms with Crippen molar-refractivity contribution in [3.8, 4) is 0 Å². The van der Waals surface area contributed by atoms with E-state index in [0.29, 0.717) is 0 Å². The van der Waals surface area contributed by atoms with E-state index >= 15 is 0 Å². The highest BCUT2D eigenvalue weighted by Gasteiger charge is 1.90. The molecule has 0 aliphatic heterocycles. The Morgan fingerprint density at radius 2 is 1.92 bits per heavy atom. The lowest BCUT2D eigenvalue weighted by molar-refractivity contribution is 0.834. The van der Waals surface area contributed by atoms with E-state index in [4.69, 9.17) is 11.6 Å². The Bertz CT molecular complexity index is 218. The summed E-state index contributed by atoms with van der Waals surface area (Å²) >= 11 is 5.75.